The van der Waals surface area contributed by atoms with Crippen LogP contribution in [-0.2, 0) is 10.8 Å². The van der Waals surface area contributed by atoms with Gasteiger partial charge in [-0.15, -0.1) is 0 Å². The van der Waals surface area contributed by atoms with Crippen molar-refractivity contribution in [3.8, 4) is 33.4 Å². The molecule has 7 aromatic rings. The van der Waals surface area contributed by atoms with E-state index in [1.165, 1.54) is 0 Å². The summed E-state index contributed by atoms with van der Waals surface area (Å²) < 4.78 is 20.9. The molecule has 8 rings (SSSR count). The van der Waals surface area contributed by atoms with E-state index >= 15 is 0 Å². The molecular weight excluding hydrogens is 603 g/mol. The van der Waals surface area contributed by atoms with Gasteiger partial charge in [0.1, 0.15) is 0 Å². The van der Waals surface area contributed by atoms with Crippen LogP contribution >= 0.6 is 0 Å². The molecule has 50 heavy (non-hydrogen) atoms. The van der Waals surface area contributed by atoms with Crippen LogP contribution in [0.15, 0.2) is 164 Å². The molecule has 0 saturated carbocycles. The highest BCUT2D eigenvalue weighted by Gasteiger charge is 2.57. The molecular formula is C49H45N. The average molecular weight is 650 g/mol. The van der Waals surface area contributed by atoms with Crippen LogP contribution in [0.3, 0.4) is 0 Å². The van der Waals surface area contributed by atoms with Gasteiger partial charge in [0, 0.05) is 16.6 Å². The predicted molar refractivity (Wildman–Crippen MR) is 215 cm³/mol. The molecule has 0 aliphatic heterocycles. The van der Waals surface area contributed by atoms with Crippen molar-refractivity contribution in [1.82, 2.24) is 0 Å². The van der Waals surface area contributed by atoms with E-state index in [0.29, 0.717) is 12.1 Å². The summed E-state index contributed by atoms with van der Waals surface area (Å²) in [6.07, 6.45) is 0. The van der Waals surface area contributed by atoms with Gasteiger partial charge >= 0.3 is 0 Å². The molecule has 0 aromatic heterocycles. The van der Waals surface area contributed by atoms with Crippen molar-refractivity contribution in [2.75, 3.05) is 4.90 Å². The number of rotatable bonds is 6. The third-order valence-corrected chi connectivity index (χ3v) is 12.1. The maximum atomic E-state index is 10.5. The van der Waals surface area contributed by atoms with Gasteiger partial charge in [0.05, 0.1) is 14.1 Å². The number of nitrogens with zero attached hydrogens (tertiary/aromatic N) is 1. The largest absolute Gasteiger partial charge is 0.309 e. The molecule has 246 valence electrons. The SMILES string of the molecule is [2H]c1c(-c2ccccc2-c2ccccc2)c(N(c2cccc(-c3ccccc3)c2)c2cccc3ccccc23)c([2H])c2c1C(C)(C)C(C)(C)C2(C)C. The van der Waals surface area contributed by atoms with Crippen molar-refractivity contribution in [2.24, 2.45) is 5.41 Å². The van der Waals surface area contributed by atoms with Crippen molar-refractivity contribution in [2.45, 2.75) is 52.4 Å². The number of hydrogen-bond donors (Lipinski definition) is 0. The molecule has 0 spiro atoms. The second-order valence-electron chi connectivity index (χ2n) is 15.3. The lowest BCUT2D eigenvalue weighted by Gasteiger charge is -2.44. The third kappa shape index (κ3) is 4.90. The summed E-state index contributed by atoms with van der Waals surface area (Å²) >= 11 is 0. The van der Waals surface area contributed by atoms with Crippen molar-refractivity contribution in [3.63, 3.8) is 0 Å². The number of fused-ring (bicyclic) bond motifs is 2. The van der Waals surface area contributed by atoms with Crippen molar-refractivity contribution < 1.29 is 2.74 Å². The lowest BCUT2D eigenvalue weighted by molar-refractivity contribution is 0.125. The summed E-state index contributed by atoms with van der Waals surface area (Å²) in [5.74, 6) is 0. The second-order valence-corrected chi connectivity index (χ2v) is 15.3. The molecule has 0 heterocycles. The Bertz CT molecular complexity index is 2450. The van der Waals surface area contributed by atoms with E-state index in [4.69, 9.17) is 0 Å². The van der Waals surface area contributed by atoms with E-state index < -0.39 is 0 Å². The minimum absolute atomic E-state index is 0.236. The molecule has 0 bridgehead atoms. The Kier molecular flexibility index (Phi) is 7.01. The summed E-state index contributed by atoms with van der Waals surface area (Å²) in [7, 11) is 0. The molecule has 1 aliphatic rings. The summed E-state index contributed by atoms with van der Waals surface area (Å²) in [6.45, 7) is 13.7. The van der Waals surface area contributed by atoms with Gasteiger partial charge in [-0.3, -0.25) is 0 Å². The molecule has 0 amide bonds. The van der Waals surface area contributed by atoms with E-state index in [2.05, 4.69) is 186 Å². The van der Waals surface area contributed by atoms with Crippen LogP contribution < -0.4 is 4.90 Å². The Morgan fingerprint density at radius 1 is 0.440 bits per heavy atom. The Morgan fingerprint density at radius 3 is 1.70 bits per heavy atom. The standard InChI is InChI=1S/C49H45N/c1-47(2)43-32-42(41-29-16-15-27-39(41)35-21-11-8-12-22-35)46(33-44(43)48(3,4)49(47,5)6)50(45-30-18-24-36-23-13-14-28-40(36)45)38-26-17-25-37(31-38)34-19-9-7-10-20-34/h7-33H,1-6H3/i32D,33D. The van der Waals surface area contributed by atoms with Gasteiger partial charge in [-0.1, -0.05) is 175 Å². The Balaban J connectivity index is 1.56. The minimum atomic E-state index is -0.388. The quantitative estimate of drug-likeness (QED) is 0.173. The molecule has 7 aromatic carbocycles. The van der Waals surface area contributed by atoms with E-state index in [1.54, 1.807) is 0 Å². The number of benzene rings is 7. The van der Waals surface area contributed by atoms with Crippen LogP contribution in [0.5, 0.6) is 0 Å². The molecule has 0 saturated heterocycles. The molecule has 1 heteroatoms. The van der Waals surface area contributed by atoms with Crippen molar-refractivity contribution in [3.05, 3.63) is 175 Å². The molecule has 0 unspecified atom stereocenters. The summed E-state index contributed by atoms with van der Waals surface area (Å²) in [4.78, 5) is 2.28. The van der Waals surface area contributed by atoms with Gasteiger partial charge in [0.2, 0.25) is 0 Å². The van der Waals surface area contributed by atoms with Crippen LogP contribution in [0.1, 0.15) is 55.4 Å². The first-order valence-corrected chi connectivity index (χ1v) is 17.7. The zero-order valence-corrected chi connectivity index (χ0v) is 29.9. The van der Waals surface area contributed by atoms with Crippen LogP contribution in [-0.4, -0.2) is 0 Å². The first-order chi connectivity index (χ1) is 24.9. The number of anilines is 3. The molecule has 0 N–H and O–H groups in total. The predicted octanol–water partition coefficient (Wildman–Crippen LogP) is 13.9. The van der Waals surface area contributed by atoms with Gasteiger partial charge in [-0.2, -0.15) is 0 Å². The Morgan fingerprint density at radius 2 is 0.980 bits per heavy atom. The average Bonchev–Trinajstić information content (AvgIpc) is 3.28. The van der Waals surface area contributed by atoms with Crippen molar-refractivity contribution in [1.29, 1.82) is 0 Å². The summed E-state index contributed by atoms with van der Waals surface area (Å²) in [5.41, 5.74) is 9.68. The zero-order valence-electron chi connectivity index (χ0n) is 31.9. The van der Waals surface area contributed by atoms with Crippen LogP contribution in [0.4, 0.5) is 17.1 Å². The maximum Gasteiger partial charge on any atom is 0.0648 e. The molecule has 1 nitrogen and oxygen atoms in total. The van der Waals surface area contributed by atoms with E-state index in [-0.39, 0.29) is 16.2 Å². The number of hydrogen-bond acceptors (Lipinski definition) is 1. The molecule has 1 aliphatic carbocycles. The van der Waals surface area contributed by atoms with Gasteiger partial charge in [0.25, 0.3) is 0 Å². The van der Waals surface area contributed by atoms with Crippen LogP contribution in [0.2, 0.25) is 0 Å². The second kappa shape index (κ2) is 11.9. The first-order valence-electron chi connectivity index (χ1n) is 18.7. The lowest BCUT2D eigenvalue weighted by atomic mass is 9.59. The smallest absolute Gasteiger partial charge is 0.0648 e. The van der Waals surface area contributed by atoms with E-state index in [1.807, 2.05) is 12.1 Å². The van der Waals surface area contributed by atoms with E-state index in [0.717, 1.165) is 72.3 Å². The zero-order chi connectivity index (χ0) is 36.4. The van der Waals surface area contributed by atoms with Gasteiger partial charge in [0.15, 0.2) is 0 Å². The van der Waals surface area contributed by atoms with E-state index in [9.17, 15) is 2.74 Å². The molecule has 0 fully saturated rings. The maximum absolute atomic E-state index is 10.5. The van der Waals surface area contributed by atoms with Crippen LogP contribution in [0.25, 0.3) is 44.2 Å². The van der Waals surface area contributed by atoms with Crippen molar-refractivity contribution >= 4 is 27.8 Å². The highest BCUT2D eigenvalue weighted by molar-refractivity contribution is 6.03. The Hall–Kier alpha value is -5.40. The summed E-state index contributed by atoms with van der Waals surface area (Å²) in [6, 6.07) is 53.9. The summed E-state index contributed by atoms with van der Waals surface area (Å²) in [5, 5.41) is 2.21. The fraction of sp³-hybridized carbons (Fsp3) is 0.184. The highest BCUT2D eigenvalue weighted by Crippen LogP contribution is 2.63. The van der Waals surface area contributed by atoms with Gasteiger partial charge < -0.3 is 4.90 Å². The third-order valence-electron chi connectivity index (χ3n) is 12.1. The fourth-order valence-electron chi connectivity index (χ4n) is 8.01. The lowest BCUT2D eigenvalue weighted by Crippen LogP contribution is -2.42. The first kappa shape index (κ1) is 29.5. The van der Waals surface area contributed by atoms with Crippen LogP contribution in [0, 0.1) is 5.41 Å². The van der Waals surface area contributed by atoms with Gasteiger partial charge in [-0.05, 0) is 90.9 Å². The fourth-order valence-corrected chi connectivity index (χ4v) is 8.01. The topological polar surface area (TPSA) is 3.24 Å². The molecule has 0 radical (unpaired) electrons. The molecule has 0 atom stereocenters. The Labute approximate surface area is 300 Å². The highest BCUT2D eigenvalue weighted by atomic mass is 15.1. The minimum Gasteiger partial charge on any atom is -0.309 e. The normalized spacial score (nSPS) is 16.0. The monoisotopic (exact) mass is 649 g/mol. The van der Waals surface area contributed by atoms with Gasteiger partial charge in [-0.25, -0.2) is 0 Å².